The number of methoxy groups -OCH3 is 1. The number of rotatable bonds is 4. The van der Waals surface area contributed by atoms with Crippen LogP contribution in [0.2, 0.25) is 0 Å². The molecule has 3 rings (SSSR count). The van der Waals surface area contributed by atoms with Gasteiger partial charge in [-0.05, 0) is 36.0 Å². The fourth-order valence-corrected chi connectivity index (χ4v) is 2.67. The van der Waals surface area contributed by atoms with Crippen molar-refractivity contribution in [1.29, 1.82) is 0 Å². The summed E-state index contributed by atoms with van der Waals surface area (Å²) in [6.45, 7) is 1.88. The molecule has 1 aliphatic rings. The van der Waals surface area contributed by atoms with Crippen molar-refractivity contribution < 1.29 is 4.74 Å². The Morgan fingerprint density at radius 1 is 1.45 bits per heavy atom. The van der Waals surface area contributed by atoms with Gasteiger partial charge in [-0.25, -0.2) is 0 Å². The van der Waals surface area contributed by atoms with Gasteiger partial charge in [0.05, 0.1) is 6.10 Å². The van der Waals surface area contributed by atoms with Gasteiger partial charge in [-0.15, -0.1) is 14.8 Å². The first-order valence-electron chi connectivity index (χ1n) is 6.67. The van der Waals surface area contributed by atoms with Crippen LogP contribution < -0.4 is 4.90 Å². The zero-order valence-corrected chi connectivity index (χ0v) is 12.0. The summed E-state index contributed by atoms with van der Waals surface area (Å²) in [5.74, 6) is 0.860. The topological polar surface area (TPSA) is 71.7 Å². The Bertz CT molecular complexity index is 586. The fraction of sp³-hybridized carbons (Fsp3) is 0.667. The molecule has 0 radical (unpaired) electrons. The first-order valence-corrected chi connectivity index (χ1v) is 6.67. The van der Waals surface area contributed by atoms with Gasteiger partial charge < -0.3 is 9.64 Å². The predicted molar refractivity (Wildman–Crippen MR) is 73.7 cm³/mol. The molecular formula is C12H19N7O. The Morgan fingerprint density at radius 2 is 2.30 bits per heavy atom. The van der Waals surface area contributed by atoms with E-state index in [1.807, 2.05) is 19.2 Å². The highest BCUT2D eigenvalue weighted by Crippen LogP contribution is 2.20. The van der Waals surface area contributed by atoms with Gasteiger partial charge in [0.25, 0.3) is 0 Å². The number of tetrazole rings is 1. The minimum atomic E-state index is 0.327. The summed E-state index contributed by atoms with van der Waals surface area (Å²) in [6.07, 6.45) is 1.37. The van der Waals surface area contributed by atoms with Crippen LogP contribution in [-0.2, 0) is 4.74 Å². The SMILES string of the molecule is CO[C@H]1C[C@@H](CN(C)c2ccc3nnnn3n2)N(C)C1. The van der Waals surface area contributed by atoms with E-state index in [0.717, 1.165) is 25.3 Å². The van der Waals surface area contributed by atoms with Crippen molar-refractivity contribution in [2.75, 3.05) is 39.2 Å². The van der Waals surface area contributed by atoms with Gasteiger partial charge in [-0.2, -0.15) is 0 Å². The Hall–Kier alpha value is -1.80. The number of anilines is 1. The van der Waals surface area contributed by atoms with Crippen LogP contribution in [-0.4, -0.2) is 76.6 Å². The van der Waals surface area contributed by atoms with E-state index < -0.39 is 0 Å². The van der Waals surface area contributed by atoms with E-state index in [-0.39, 0.29) is 0 Å². The van der Waals surface area contributed by atoms with Gasteiger partial charge in [0.2, 0.25) is 0 Å². The van der Waals surface area contributed by atoms with Crippen LogP contribution in [0.5, 0.6) is 0 Å². The van der Waals surface area contributed by atoms with Gasteiger partial charge >= 0.3 is 0 Å². The van der Waals surface area contributed by atoms with Crippen LogP contribution in [0.4, 0.5) is 5.82 Å². The van der Waals surface area contributed by atoms with Crippen molar-refractivity contribution in [3.05, 3.63) is 12.1 Å². The molecule has 108 valence electrons. The van der Waals surface area contributed by atoms with Crippen molar-refractivity contribution in [3.8, 4) is 0 Å². The summed E-state index contributed by atoms with van der Waals surface area (Å²) in [5, 5.41) is 15.7. The molecule has 0 aromatic carbocycles. The van der Waals surface area contributed by atoms with E-state index >= 15 is 0 Å². The molecule has 1 saturated heterocycles. The second-order valence-corrected chi connectivity index (χ2v) is 5.29. The van der Waals surface area contributed by atoms with Crippen molar-refractivity contribution in [2.24, 2.45) is 0 Å². The summed E-state index contributed by atoms with van der Waals surface area (Å²) in [4.78, 5) is 4.46. The van der Waals surface area contributed by atoms with E-state index in [1.165, 1.54) is 4.63 Å². The molecule has 1 fully saturated rings. The molecule has 0 N–H and O–H groups in total. The van der Waals surface area contributed by atoms with Crippen LogP contribution in [0.3, 0.4) is 0 Å². The zero-order valence-electron chi connectivity index (χ0n) is 12.0. The van der Waals surface area contributed by atoms with Gasteiger partial charge in [-0.1, -0.05) is 0 Å². The van der Waals surface area contributed by atoms with E-state index in [9.17, 15) is 0 Å². The molecule has 3 heterocycles. The molecule has 2 aromatic rings. The largest absolute Gasteiger partial charge is 0.380 e. The summed E-state index contributed by atoms with van der Waals surface area (Å²) in [7, 11) is 5.94. The molecule has 20 heavy (non-hydrogen) atoms. The molecule has 0 unspecified atom stereocenters. The molecule has 2 atom stereocenters. The lowest BCUT2D eigenvalue weighted by atomic mass is 10.2. The molecule has 8 nitrogen and oxygen atoms in total. The normalized spacial score (nSPS) is 23.6. The number of ether oxygens (including phenoxy) is 1. The Balaban J connectivity index is 1.70. The van der Waals surface area contributed by atoms with Crippen LogP contribution in [0, 0.1) is 0 Å². The third-order valence-electron chi connectivity index (χ3n) is 3.91. The monoisotopic (exact) mass is 277 g/mol. The number of hydrogen-bond donors (Lipinski definition) is 0. The number of nitrogens with zero attached hydrogens (tertiary/aromatic N) is 7. The molecule has 0 spiro atoms. The summed E-state index contributed by atoms with van der Waals surface area (Å²) < 4.78 is 6.89. The number of aromatic nitrogens is 5. The Morgan fingerprint density at radius 3 is 3.05 bits per heavy atom. The molecule has 8 heteroatoms. The van der Waals surface area contributed by atoms with Crippen LogP contribution in [0.1, 0.15) is 6.42 Å². The number of likely N-dealkylation sites (tertiary alicyclic amines) is 1. The molecule has 0 saturated carbocycles. The summed E-state index contributed by atoms with van der Waals surface area (Å²) in [6, 6.07) is 4.28. The molecule has 0 bridgehead atoms. The Labute approximate surface area is 117 Å². The maximum absolute atomic E-state index is 5.44. The van der Waals surface area contributed by atoms with Gasteiger partial charge in [0.15, 0.2) is 11.5 Å². The maximum Gasteiger partial charge on any atom is 0.200 e. The van der Waals surface area contributed by atoms with Crippen molar-refractivity contribution in [1.82, 2.24) is 30.2 Å². The summed E-state index contributed by atoms with van der Waals surface area (Å²) in [5.41, 5.74) is 0.652. The van der Waals surface area contributed by atoms with E-state index in [0.29, 0.717) is 17.8 Å². The lowest BCUT2D eigenvalue weighted by molar-refractivity contribution is 0.111. The minimum absolute atomic E-state index is 0.327. The summed E-state index contributed by atoms with van der Waals surface area (Å²) >= 11 is 0. The van der Waals surface area contributed by atoms with Gasteiger partial charge in [0.1, 0.15) is 0 Å². The quantitative estimate of drug-likeness (QED) is 0.758. The molecule has 2 aromatic heterocycles. The Kier molecular flexibility index (Phi) is 3.49. The van der Waals surface area contributed by atoms with Gasteiger partial charge in [-0.3, -0.25) is 4.90 Å². The number of hydrogen-bond acceptors (Lipinski definition) is 7. The second-order valence-electron chi connectivity index (χ2n) is 5.29. The average Bonchev–Trinajstić information content (AvgIpc) is 3.04. The van der Waals surface area contributed by atoms with Crippen molar-refractivity contribution >= 4 is 11.5 Å². The second kappa shape index (κ2) is 5.29. The number of fused-ring (bicyclic) bond motifs is 1. The first-order chi connectivity index (χ1) is 9.67. The standard InChI is InChI=1S/C12H19N7O/c1-17-8-10(20-3)6-9(17)7-18(2)12-5-4-11-13-15-16-19(11)14-12/h4-5,9-10H,6-8H2,1-3H3/t9-,10-/m0/s1. The highest BCUT2D eigenvalue weighted by Gasteiger charge is 2.30. The molecular weight excluding hydrogens is 258 g/mol. The van der Waals surface area contributed by atoms with Gasteiger partial charge in [0, 0.05) is 33.3 Å². The third kappa shape index (κ3) is 2.44. The van der Waals surface area contributed by atoms with E-state index in [4.69, 9.17) is 4.74 Å². The highest BCUT2D eigenvalue weighted by molar-refractivity contribution is 5.43. The smallest absolute Gasteiger partial charge is 0.200 e. The zero-order chi connectivity index (χ0) is 14.1. The molecule has 0 amide bonds. The van der Waals surface area contributed by atoms with Crippen molar-refractivity contribution in [3.63, 3.8) is 0 Å². The maximum atomic E-state index is 5.44. The molecule has 0 aliphatic carbocycles. The van der Waals surface area contributed by atoms with E-state index in [1.54, 1.807) is 7.11 Å². The average molecular weight is 277 g/mol. The number of likely N-dealkylation sites (N-methyl/N-ethyl adjacent to an activating group) is 2. The van der Waals surface area contributed by atoms with E-state index in [2.05, 4.69) is 37.5 Å². The fourth-order valence-electron chi connectivity index (χ4n) is 2.67. The molecule has 1 aliphatic heterocycles. The first kappa shape index (κ1) is 13.2. The van der Waals surface area contributed by atoms with Crippen LogP contribution in [0.25, 0.3) is 5.65 Å². The van der Waals surface area contributed by atoms with Crippen LogP contribution >= 0.6 is 0 Å². The highest BCUT2D eigenvalue weighted by atomic mass is 16.5. The van der Waals surface area contributed by atoms with Crippen LogP contribution in [0.15, 0.2) is 12.1 Å². The third-order valence-corrected chi connectivity index (χ3v) is 3.91. The predicted octanol–water partition coefficient (Wildman–Crippen LogP) is -0.325. The lowest BCUT2D eigenvalue weighted by Gasteiger charge is -2.25. The minimum Gasteiger partial charge on any atom is -0.380 e. The lowest BCUT2D eigenvalue weighted by Crippen LogP contribution is -2.37. The van der Waals surface area contributed by atoms with Crippen molar-refractivity contribution in [2.45, 2.75) is 18.6 Å².